The summed E-state index contributed by atoms with van der Waals surface area (Å²) in [6.45, 7) is 3.80. The molecule has 0 radical (unpaired) electrons. The first kappa shape index (κ1) is 17.0. The van der Waals surface area contributed by atoms with Gasteiger partial charge in [0.2, 0.25) is 0 Å². The normalized spacial score (nSPS) is 12.0. The summed E-state index contributed by atoms with van der Waals surface area (Å²) in [6.07, 6.45) is 0. The third-order valence-corrected chi connectivity index (χ3v) is 4.08. The van der Waals surface area contributed by atoms with Gasteiger partial charge in [-0.25, -0.2) is 13.2 Å². The molecule has 0 aromatic heterocycles. The van der Waals surface area contributed by atoms with Crippen LogP contribution in [-0.2, 0) is 0 Å². The van der Waals surface area contributed by atoms with Crippen molar-refractivity contribution < 1.29 is 13.2 Å². The lowest BCUT2D eigenvalue weighted by atomic mass is 10.0. The van der Waals surface area contributed by atoms with E-state index in [-0.39, 0.29) is 11.1 Å². The van der Waals surface area contributed by atoms with E-state index in [0.29, 0.717) is 11.1 Å². The van der Waals surface area contributed by atoms with E-state index < -0.39 is 17.5 Å². The molecule has 0 aliphatic heterocycles. The van der Waals surface area contributed by atoms with E-state index in [4.69, 9.17) is 0 Å². The average molecular weight is 338 g/mol. The number of benzene rings is 3. The van der Waals surface area contributed by atoms with Crippen LogP contribution in [-0.4, -0.2) is 0 Å². The number of rotatable bonds is 3. The quantitative estimate of drug-likeness (QED) is 0.457. The van der Waals surface area contributed by atoms with E-state index in [0.717, 1.165) is 17.2 Å². The van der Waals surface area contributed by atoms with Crippen LogP contribution < -0.4 is 0 Å². The number of hydrogen-bond donors (Lipinski definition) is 0. The Morgan fingerprint density at radius 1 is 0.640 bits per heavy atom. The van der Waals surface area contributed by atoms with Crippen molar-refractivity contribution in [2.45, 2.75) is 13.8 Å². The van der Waals surface area contributed by atoms with Crippen LogP contribution in [0.4, 0.5) is 13.2 Å². The Morgan fingerprint density at radius 2 is 1.12 bits per heavy atom. The lowest BCUT2D eigenvalue weighted by Crippen LogP contribution is -1.90. The average Bonchev–Trinajstić information content (AvgIpc) is 2.62. The summed E-state index contributed by atoms with van der Waals surface area (Å²) >= 11 is 0. The van der Waals surface area contributed by atoms with Crippen LogP contribution in [0.15, 0.2) is 66.7 Å². The molecule has 0 bridgehead atoms. The Hall–Kier alpha value is -2.81. The van der Waals surface area contributed by atoms with E-state index >= 15 is 0 Å². The monoisotopic (exact) mass is 338 g/mol. The van der Waals surface area contributed by atoms with Crippen molar-refractivity contribution in [1.29, 1.82) is 0 Å². The topological polar surface area (TPSA) is 0 Å². The predicted octanol–water partition coefficient (Wildman–Crippen LogP) is 6.87. The summed E-state index contributed by atoms with van der Waals surface area (Å²) in [5.41, 5.74) is 3.07. The second-order valence-electron chi connectivity index (χ2n) is 6.05. The molecule has 0 fully saturated rings. The van der Waals surface area contributed by atoms with Crippen molar-refractivity contribution in [2.24, 2.45) is 0 Å². The molecule has 0 aliphatic rings. The first-order chi connectivity index (χ1) is 12.0. The Kier molecular flexibility index (Phi) is 4.75. The third-order valence-electron chi connectivity index (χ3n) is 4.08. The number of aryl methyl sites for hydroxylation is 2. The van der Waals surface area contributed by atoms with Crippen LogP contribution in [0.25, 0.3) is 22.8 Å². The highest BCUT2D eigenvalue weighted by Crippen LogP contribution is 2.32. The molecule has 3 rings (SSSR count). The van der Waals surface area contributed by atoms with E-state index in [1.807, 2.05) is 26.0 Å². The van der Waals surface area contributed by atoms with Crippen LogP contribution in [0.5, 0.6) is 0 Å². The molecule has 0 atom stereocenters. The maximum absolute atomic E-state index is 14.4. The van der Waals surface area contributed by atoms with Gasteiger partial charge in [-0.1, -0.05) is 71.8 Å². The highest BCUT2D eigenvalue weighted by Gasteiger charge is 2.14. The van der Waals surface area contributed by atoms with E-state index in [2.05, 4.69) is 0 Å². The summed E-state index contributed by atoms with van der Waals surface area (Å²) in [5, 5.41) is 0. The summed E-state index contributed by atoms with van der Waals surface area (Å²) in [6, 6.07) is 17.6. The zero-order valence-electron chi connectivity index (χ0n) is 14.0. The van der Waals surface area contributed by atoms with Crippen molar-refractivity contribution in [2.75, 3.05) is 0 Å². The van der Waals surface area contributed by atoms with Gasteiger partial charge in [-0.2, -0.15) is 0 Å². The summed E-state index contributed by atoms with van der Waals surface area (Å²) in [5.74, 6) is -2.66. The molecule has 3 heteroatoms. The van der Waals surface area contributed by atoms with Crippen LogP contribution in [0.2, 0.25) is 0 Å². The van der Waals surface area contributed by atoms with Gasteiger partial charge in [-0.05, 0) is 25.5 Å². The zero-order chi connectivity index (χ0) is 18.0. The van der Waals surface area contributed by atoms with Crippen molar-refractivity contribution in [3.05, 3.63) is 94.8 Å². The Balaban J connectivity index is 1.98. The van der Waals surface area contributed by atoms with Crippen molar-refractivity contribution in [3.8, 4) is 11.1 Å². The van der Waals surface area contributed by atoms with Gasteiger partial charge in [0.05, 0.1) is 0 Å². The van der Waals surface area contributed by atoms with Gasteiger partial charge in [0.15, 0.2) is 11.7 Å². The van der Waals surface area contributed by atoms with Gasteiger partial charge in [0.25, 0.3) is 0 Å². The molecule has 126 valence electrons. The molecule has 0 amide bonds. The van der Waals surface area contributed by atoms with Crippen LogP contribution in [0.3, 0.4) is 0 Å². The van der Waals surface area contributed by atoms with Crippen LogP contribution >= 0.6 is 0 Å². The SMILES string of the molecule is Cc1ccc(/C(F)=C(\F)c2ccc(-c3ccc(C)cc3)c(F)c2)cc1. The van der Waals surface area contributed by atoms with E-state index in [1.165, 1.54) is 24.3 Å². The van der Waals surface area contributed by atoms with Gasteiger partial charge < -0.3 is 0 Å². The molecule has 25 heavy (non-hydrogen) atoms. The molecule has 3 aromatic carbocycles. The minimum absolute atomic E-state index is 0.119. The summed E-state index contributed by atoms with van der Waals surface area (Å²) in [7, 11) is 0. The first-order valence-corrected chi connectivity index (χ1v) is 7.95. The fourth-order valence-electron chi connectivity index (χ4n) is 2.57. The number of hydrogen-bond acceptors (Lipinski definition) is 0. The van der Waals surface area contributed by atoms with Crippen LogP contribution in [0.1, 0.15) is 22.3 Å². The smallest absolute Gasteiger partial charge is 0.166 e. The fraction of sp³-hybridized carbons (Fsp3) is 0.0909. The van der Waals surface area contributed by atoms with Crippen molar-refractivity contribution >= 4 is 11.7 Å². The van der Waals surface area contributed by atoms with Gasteiger partial charge >= 0.3 is 0 Å². The van der Waals surface area contributed by atoms with E-state index in [1.54, 1.807) is 24.3 Å². The predicted molar refractivity (Wildman–Crippen MR) is 96.8 cm³/mol. The van der Waals surface area contributed by atoms with Crippen molar-refractivity contribution in [1.82, 2.24) is 0 Å². The third kappa shape index (κ3) is 3.66. The van der Waals surface area contributed by atoms with Crippen molar-refractivity contribution in [3.63, 3.8) is 0 Å². The molecule has 0 N–H and O–H groups in total. The Morgan fingerprint density at radius 3 is 1.68 bits per heavy atom. The number of halogens is 3. The molecular weight excluding hydrogens is 321 g/mol. The minimum Gasteiger partial charge on any atom is -0.206 e. The second-order valence-corrected chi connectivity index (χ2v) is 6.05. The lowest BCUT2D eigenvalue weighted by Gasteiger charge is -2.07. The molecule has 0 saturated carbocycles. The van der Waals surface area contributed by atoms with Gasteiger partial charge in [0, 0.05) is 16.7 Å². The summed E-state index contributed by atoms with van der Waals surface area (Å²) < 4.78 is 43.2. The molecule has 0 aliphatic carbocycles. The maximum Gasteiger partial charge on any atom is 0.166 e. The maximum atomic E-state index is 14.4. The molecular formula is C22H17F3. The Labute approximate surface area is 145 Å². The molecule has 0 heterocycles. The Bertz CT molecular complexity index is 920. The molecule has 0 nitrogen and oxygen atoms in total. The molecule has 0 saturated heterocycles. The van der Waals surface area contributed by atoms with Gasteiger partial charge in [-0.3, -0.25) is 0 Å². The molecule has 0 unspecified atom stereocenters. The fourth-order valence-corrected chi connectivity index (χ4v) is 2.57. The highest BCUT2D eigenvalue weighted by molar-refractivity contribution is 5.83. The standard InChI is InChI=1S/C22H17F3/c1-14-3-7-16(8-4-14)19-12-11-18(13-20(19)23)22(25)21(24)17-9-5-15(2)6-10-17/h3-13H,1-2H3/b22-21+. The largest absolute Gasteiger partial charge is 0.206 e. The van der Waals surface area contributed by atoms with Gasteiger partial charge in [0.1, 0.15) is 5.82 Å². The van der Waals surface area contributed by atoms with Gasteiger partial charge in [-0.15, -0.1) is 0 Å². The first-order valence-electron chi connectivity index (χ1n) is 7.95. The zero-order valence-corrected chi connectivity index (χ0v) is 14.0. The lowest BCUT2D eigenvalue weighted by molar-refractivity contribution is 0.628. The van der Waals surface area contributed by atoms with E-state index in [9.17, 15) is 13.2 Å². The molecule has 0 spiro atoms. The second kappa shape index (κ2) is 6.98. The highest BCUT2D eigenvalue weighted by atomic mass is 19.2. The summed E-state index contributed by atoms with van der Waals surface area (Å²) in [4.78, 5) is 0. The van der Waals surface area contributed by atoms with Crippen LogP contribution in [0, 0.1) is 19.7 Å². The molecule has 3 aromatic rings. The minimum atomic E-state index is -1.07.